The van der Waals surface area contributed by atoms with Gasteiger partial charge < -0.3 is 5.32 Å². The van der Waals surface area contributed by atoms with E-state index in [1.54, 1.807) is 6.07 Å². The number of hydrogen-bond acceptors (Lipinski definition) is 6. The van der Waals surface area contributed by atoms with Crippen LogP contribution in [0.5, 0.6) is 0 Å². The van der Waals surface area contributed by atoms with Crippen LogP contribution >= 0.6 is 0 Å². The van der Waals surface area contributed by atoms with Crippen molar-refractivity contribution in [2.75, 3.05) is 10.0 Å². The van der Waals surface area contributed by atoms with E-state index in [0.717, 1.165) is 0 Å². The average Bonchev–Trinajstić information content (AvgIpc) is 2.94. The van der Waals surface area contributed by atoms with Gasteiger partial charge in [-0.1, -0.05) is 0 Å². The van der Waals surface area contributed by atoms with Crippen LogP contribution in [-0.2, 0) is 14.8 Å². The zero-order chi connectivity index (χ0) is 16.4. The average molecular weight is 332 g/mol. The smallest absolute Gasteiger partial charge is 0.263 e. The third-order valence-electron chi connectivity index (χ3n) is 2.89. The molecule has 0 atom stereocenters. The van der Waals surface area contributed by atoms with Crippen molar-refractivity contribution in [3.05, 3.63) is 42.7 Å². The summed E-state index contributed by atoms with van der Waals surface area (Å²) in [5.74, 6) is -0.0894. The summed E-state index contributed by atoms with van der Waals surface area (Å²) >= 11 is 0. The standard InChI is InChI=1S/C13H12N6O3S/c1-9(20)15-10-2-4-11(5-3-10)23(21,22)18-12-6-7-13-16-14-8-19(13)17-12/h2-8H,1H3,(H,15,20)(H,17,18). The number of aromatic nitrogens is 4. The minimum Gasteiger partial charge on any atom is -0.326 e. The van der Waals surface area contributed by atoms with Crippen molar-refractivity contribution < 1.29 is 13.2 Å². The highest BCUT2D eigenvalue weighted by atomic mass is 32.2. The first-order valence-corrected chi connectivity index (χ1v) is 8.00. The minimum absolute atomic E-state index is 0.0530. The van der Waals surface area contributed by atoms with Crippen molar-refractivity contribution >= 4 is 33.1 Å². The summed E-state index contributed by atoms with van der Waals surface area (Å²) in [4.78, 5) is 11.0. The molecule has 0 unspecified atom stereocenters. The predicted molar refractivity (Wildman–Crippen MR) is 82.3 cm³/mol. The zero-order valence-corrected chi connectivity index (χ0v) is 12.8. The van der Waals surface area contributed by atoms with E-state index in [-0.39, 0.29) is 16.6 Å². The maximum Gasteiger partial charge on any atom is 0.263 e. The van der Waals surface area contributed by atoms with Gasteiger partial charge in [0.25, 0.3) is 10.0 Å². The molecule has 1 amide bonds. The predicted octanol–water partition coefficient (Wildman–Crippen LogP) is 0.883. The van der Waals surface area contributed by atoms with Crippen LogP contribution in [0, 0.1) is 0 Å². The third kappa shape index (κ3) is 3.26. The Labute approximate surface area is 131 Å². The van der Waals surface area contributed by atoms with Gasteiger partial charge in [-0.15, -0.1) is 15.3 Å². The molecule has 10 heteroatoms. The fourth-order valence-electron chi connectivity index (χ4n) is 1.90. The molecule has 9 nitrogen and oxygen atoms in total. The van der Waals surface area contributed by atoms with E-state index in [1.807, 2.05) is 0 Å². The van der Waals surface area contributed by atoms with E-state index in [0.29, 0.717) is 11.3 Å². The number of rotatable bonds is 4. The van der Waals surface area contributed by atoms with E-state index in [9.17, 15) is 13.2 Å². The molecule has 3 rings (SSSR count). The van der Waals surface area contributed by atoms with Crippen LogP contribution < -0.4 is 10.0 Å². The second kappa shape index (κ2) is 5.65. The molecule has 0 bridgehead atoms. The highest BCUT2D eigenvalue weighted by Gasteiger charge is 2.15. The minimum atomic E-state index is -3.79. The first kappa shape index (κ1) is 14.9. The highest BCUT2D eigenvalue weighted by molar-refractivity contribution is 7.92. The molecule has 0 fully saturated rings. The summed E-state index contributed by atoms with van der Waals surface area (Å²) < 4.78 is 28.4. The lowest BCUT2D eigenvalue weighted by atomic mass is 10.3. The van der Waals surface area contributed by atoms with E-state index in [4.69, 9.17) is 0 Å². The summed E-state index contributed by atoms with van der Waals surface area (Å²) in [6, 6.07) is 8.89. The number of carbonyl (C=O) groups is 1. The first-order valence-electron chi connectivity index (χ1n) is 6.51. The van der Waals surface area contributed by atoms with Gasteiger partial charge in [0.2, 0.25) is 5.91 Å². The van der Waals surface area contributed by atoms with Gasteiger partial charge in [0.1, 0.15) is 6.33 Å². The zero-order valence-electron chi connectivity index (χ0n) is 12.0. The van der Waals surface area contributed by atoms with Gasteiger partial charge in [-0.2, -0.15) is 4.52 Å². The number of sulfonamides is 1. The number of hydrogen-bond donors (Lipinski definition) is 2. The van der Waals surface area contributed by atoms with Crippen LogP contribution in [0.3, 0.4) is 0 Å². The molecule has 118 valence electrons. The highest BCUT2D eigenvalue weighted by Crippen LogP contribution is 2.17. The number of anilines is 2. The van der Waals surface area contributed by atoms with Crippen molar-refractivity contribution in [1.29, 1.82) is 0 Å². The summed E-state index contributed by atoms with van der Waals surface area (Å²) in [5, 5.41) is 14.1. The molecule has 3 aromatic rings. The molecule has 0 aliphatic heterocycles. The number of carbonyl (C=O) groups excluding carboxylic acids is 1. The Kier molecular flexibility index (Phi) is 3.66. The molecule has 0 saturated carbocycles. The second-order valence-corrected chi connectivity index (χ2v) is 6.35. The largest absolute Gasteiger partial charge is 0.326 e. The van der Waals surface area contributed by atoms with Crippen molar-refractivity contribution in [3.63, 3.8) is 0 Å². The molecular formula is C13H12N6O3S. The number of fused-ring (bicyclic) bond motifs is 1. The molecular weight excluding hydrogens is 320 g/mol. The Balaban J connectivity index is 1.84. The molecule has 23 heavy (non-hydrogen) atoms. The van der Waals surface area contributed by atoms with E-state index in [2.05, 4.69) is 25.3 Å². The van der Waals surface area contributed by atoms with Gasteiger partial charge in [-0.05, 0) is 36.4 Å². The van der Waals surface area contributed by atoms with Gasteiger partial charge in [0, 0.05) is 12.6 Å². The molecule has 0 radical (unpaired) electrons. The maximum absolute atomic E-state index is 12.3. The van der Waals surface area contributed by atoms with Crippen molar-refractivity contribution in [2.45, 2.75) is 11.8 Å². The third-order valence-corrected chi connectivity index (χ3v) is 4.26. The number of amides is 1. The molecule has 0 spiro atoms. The molecule has 2 heterocycles. The Morgan fingerprint density at radius 3 is 2.57 bits per heavy atom. The van der Waals surface area contributed by atoms with Crippen molar-refractivity contribution in [3.8, 4) is 0 Å². The van der Waals surface area contributed by atoms with E-state index < -0.39 is 10.0 Å². The van der Waals surface area contributed by atoms with Crippen molar-refractivity contribution in [1.82, 2.24) is 19.8 Å². The van der Waals surface area contributed by atoms with Crippen LogP contribution in [0.1, 0.15) is 6.92 Å². The number of benzene rings is 1. The van der Waals surface area contributed by atoms with Crippen LogP contribution in [-0.4, -0.2) is 34.1 Å². The molecule has 2 N–H and O–H groups in total. The number of nitrogens with zero attached hydrogens (tertiary/aromatic N) is 4. The van der Waals surface area contributed by atoms with E-state index >= 15 is 0 Å². The van der Waals surface area contributed by atoms with Crippen LogP contribution in [0.25, 0.3) is 5.65 Å². The van der Waals surface area contributed by atoms with Crippen LogP contribution in [0.2, 0.25) is 0 Å². The maximum atomic E-state index is 12.3. The Morgan fingerprint density at radius 1 is 1.13 bits per heavy atom. The molecule has 1 aromatic carbocycles. The SMILES string of the molecule is CC(=O)Nc1ccc(S(=O)(=O)Nc2ccc3nncn3n2)cc1. The fraction of sp³-hybridized carbons (Fsp3) is 0.0769. The monoisotopic (exact) mass is 332 g/mol. The summed E-state index contributed by atoms with van der Waals surface area (Å²) in [6.45, 7) is 1.37. The van der Waals surface area contributed by atoms with Crippen LogP contribution in [0.4, 0.5) is 11.5 Å². The topological polar surface area (TPSA) is 118 Å². The Bertz CT molecular complexity index is 965. The second-order valence-electron chi connectivity index (χ2n) is 4.66. The van der Waals surface area contributed by atoms with Gasteiger partial charge in [0.05, 0.1) is 4.90 Å². The lowest BCUT2D eigenvalue weighted by molar-refractivity contribution is -0.114. The lowest BCUT2D eigenvalue weighted by Gasteiger charge is -2.08. The van der Waals surface area contributed by atoms with Gasteiger partial charge >= 0.3 is 0 Å². The van der Waals surface area contributed by atoms with Gasteiger partial charge in [0.15, 0.2) is 11.5 Å². The van der Waals surface area contributed by atoms with Gasteiger partial charge in [-0.25, -0.2) is 8.42 Å². The quantitative estimate of drug-likeness (QED) is 0.732. The number of nitrogens with one attached hydrogen (secondary N) is 2. The lowest BCUT2D eigenvalue weighted by Crippen LogP contribution is -2.15. The molecule has 0 saturated heterocycles. The fourth-order valence-corrected chi connectivity index (χ4v) is 2.90. The normalized spacial score (nSPS) is 11.3. The molecule has 0 aliphatic carbocycles. The summed E-state index contributed by atoms with van der Waals surface area (Å²) in [5.41, 5.74) is 1.02. The first-order chi connectivity index (χ1) is 10.9. The Hall–Kier alpha value is -3.01. The summed E-state index contributed by atoms with van der Waals surface area (Å²) in [6.07, 6.45) is 1.37. The van der Waals surface area contributed by atoms with E-state index in [1.165, 1.54) is 48.1 Å². The molecule has 0 aliphatic rings. The van der Waals surface area contributed by atoms with Crippen LogP contribution in [0.15, 0.2) is 47.6 Å². The Morgan fingerprint density at radius 2 is 1.87 bits per heavy atom. The summed E-state index contributed by atoms with van der Waals surface area (Å²) in [7, 11) is -3.79. The molecule has 2 aromatic heterocycles. The van der Waals surface area contributed by atoms with Crippen molar-refractivity contribution in [2.24, 2.45) is 0 Å². The van der Waals surface area contributed by atoms with Gasteiger partial charge in [-0.3, -0.25) is 9.52 Å².